The van der Waals surface area contributed by atoms with E-state index in [0.717, 1.165) is 38.3 Å². The minimum Gasteiger partial charge on any atom is -0.303 e. The lowest BCUT2D eigenvalue weighted by Crippen LogP contribution is -2.28. The van der Waals surface area contributed by atoms with Crippen LogP contribution in [-0.4, -0.2) is 23.7 Å². The summed E-state index contributed by atoms with van der Waals surface area (Å²) >= 11 is 1.41. The number of hydrogen-bond donors (Lipinski definition) is 0. The summed E-state index contributed by atoms with van der Waals surface area (Å²) in [6.45, 7) is 1.60. The number of benzene rings is 1. The highest BCUT2D eigenvalue weighted by atomic mass is 32.2. The number of aldehydes is 1. The minimum atomic E-state index is -0.825. The van der Waals surface area contributed by atoms with E-state index in [2.05, 4.69) is 4.31 Å². The van der Waals surface area contributed by atoms with Crippen LogP contribution in [0.15, 0.2) is 23.1 Å². The van der Waals surface area contributed by atoms with Gasteiger partial charge in [-0.15, -0.1) is 0 Å². The zero-order valence-corrected chi connectivity index (χ0v) is 10.1. The molecule has 1 aromatic carbocycles. The van der Waals surface area contributed by atoms with Gasteiger partial charge in [-0.05, 0) is 43.0 Å². The Balaban J connectivity index is 1.93. The van der Waals surface area contributed by atoms with Crippen molar-refractivity contribution in [2.45, 2.75) is 17.7 Å². The third kappa shape index (κ3) is 3.26. The van der Waals surface area contributed by atoms with Crippen molar-refractivity contribution < 1.29 is 13.6 Å². The number of carbonyl (C=O) groups excluding carboxylic acids is 1. The van der Waals surface area contributed by atoms with Gasteiger partial charge in [0.15, 0.2) is 11.6 Å². The van der Waals surface area contributed by atoms with E-state index in [1.807, 2.05) is 0 Å². The summed E-state index contributed by atoms with van der Waals surface area (Å²) in [5.74, 6) is -1.50. The molecule has 0 amide bonds. The molecule has 0 unspecified atom stereocenters. The van der Waals surface area contributed by atoms with E-state index in [1.165, 1.54) is 18.0 Å². The van der Waals surface area contributed by atoms with E-state index >= 15 is 0 Å². The molecule has 2 rings (SSSR count). The Morgan fingerprint density at radius 3 is 2.53 bits per heavy atom. The molecule has 1 aliphatic heterocycles. The second-order valence-electron chi connectivity index (χ2n) is 4.07. The Hall–Kier alpha value is -0.940. The molecule has 1 heterocycles. The van der Waals surface area contributed by atoms with Gasteiger partial charge in [0.2, 0.25) is 0 Å². The highest BCUT2D eigenvalue weighted by Gasteiger charge is 2.19. The lowest BCUT2D eigenvalue weighted by atomic mass is 10.0. The molecule has 1 aliphatic rings. The van der Waals surface area contributed by atoms with Crippen LogP contribution in [0.1, 0.15) is 12.8 Å². The highest BCUT2D eigenvalue weighted by Crippen LogP contribution is 2.28. The number of nitrogens with zero attached hydrogens (tertiary/aromatic N) is 1. The van der Waals surface area contributed by atoms with E-state index in [9.17, 15) is 13.6 Å². The van der Waals surface area contributed by atoms with Gasteiger partial charge in [-0.3, -0.25) is 0 Å². The molecule has 1 fully saturated rings. The monoisotopic (exact) mass is 257 g/mol. The SMILES string of the molecule is O=CC1CCN(Sc2ccc(F)c(F)c2)CC1. The molecule has 0 spiro atoms. The normalized spacial score (nSPS) is 18.2. The van der Waals surface area contributed by atoms with Crippen LogP contribution in [0.25, 0.3) is 0 Å². The van der Waals surface area contributed by atoms with Gasteiger partial charge in [0.1, 0.15) is 6.29 Å². The zero-order valence-electron chi connectivity index (χ0n) is 9.23. The van der Waals surface area contributed by atoms with Crippen LogP contribution in [0.4, 0.5) is 8.78 Å². The number of rotatable bonds is 3. The fourth-order valence-corrected chi connectivity index (χ4v) is 2.76. The Kier molecular flexibility index (Phi) is 4.12. The highest BCUT2D eigenvalue weighted by molar-refractivity contribution is 7.97. The summed E-state index contributed by atoms with van der Waals surface area (Å²) < 4.78 is 27.8. The number of halogens is 2. The maximum atomic E-state index is 13.0. The van der Waals surface area contributed by atoms with Gasteiger partial charge in [0.05, 0.1) is 0 Å². The molecule has 17 heavy (non-hydrogen) atoms. The Bertz CT molecular complexity index is 405. The lowest BCUT2D eigenvalue weighted by Gasteiger charge is -2.28. The topological polar surface area (TPSA) is 20.3 Å². The first-order valence-corrected chi connectivity index (χ1v) is 6.29. The second kappa shape index (κ2) is 5.60. The molecule has 0 atom stereocenters. The summed E-state index contributed by atoms with van der Waals surface area (Å²) in [5, 5.41) is 0. The van der Waals surface area contributed by atoms with Crippen molar-refractivity contribution >= 4 is 18.2 Å². The number of hydrogen-bond acceptors (Lipinski definition) is 3. The maximum absolute atomic E-state index is 13.0. The molecule has 0 bridgehead atoms. The van der Waals surface area contributed by atoms with Crippen LogP contribution >= 0.6 is 11.9 Å². The van der Waals surface area contributed by atoms with Gasteiger partial charge >= 0.3 is 0 Å². The summed E-state index contributed by atoms with van der Waals surface area (Å²) in [4.78, 5) is 11.3. The standard InChI is InChI=1S/C12H13F2NOS/c13-11-2-1-10(7-12(11)14)17-15-5-3-9(8-16)4-6-15/h1-2,7-9H,3-6H2. The van der Waals surface area contributed by atoms with E-state index in [0.29, 0.717) is 4.90 Å². The summed E-state index contributed by atoms with van der Waals surface area (Å²) in [6.07, 6.45) is 2.67. The molecule has 1 aromatic rings. The lowest BCUT2D eigenvalue weighted by molar-refractivity contribution is -0.112. The van der Waals surface area contributed by atoms with Crippen LogP contribution in [0.5, 0.6) is 0 Å². The van der Waals surface area contributed by atoms with Crippen LogP contribution in [0.3, 0.4) is 0 Å². The first-order valence-electron chi connectivity index (χ1n) is 5.52. The summed E-state index contributed by atoms with van der Waals surface area (Å²) in [5.41, 5.74) is 0. The smallest absolute Gasteiger partial charge is 0.159 e. The van der Waals surface area contributed by atoms with Gasteiger partial charge in [-0.25, -0.2) is 13.1 Å². The fourth-order valence-electron chi connectivity index (χ4n) is 1.79. The van der Waals surface area contributed by atoms with Gasteiger partial charge in [0.25, 0.3) is 0 Å². The molecule has 0 N–H and O–H groups in total. The van der Waals surface area contributed by atoms with Crippen molar-refractivity contribution in [3.05, 3.63) is 29.8 Å². The van der Waals surface area contributed by atoms with Crippen molar-refractivity contribution in [2.24, 2.45) is 5.92 Å². The van der Waals surface area contributed by atoms with Crippen molar-refractivity contribution in [2.75, 3.05) is 13.1 Å². The molecular formula is C12H13F2NOS. The number of carbonyl (C=O) groups is 1. The van der Waals surface area contributed by atoms with Crippen molar-refractivity contribution in [3.63, 3.8) is 0 Å². The Labute approximate surface area is 103 Å². The predicted molar refractivity (Wildman–Crippen MR) is 62.6 cm³/mol. The molecule has 5 heteroatoms. The third-order valence-corrected chi connectivity index (χ3v) is 3.90. The van der Waals surface area contributed by atoms with Crippen molar-refractivity contribution in [1.82, 2.24) is 4.31 Å². The summed E-state index contributed by atoms with van der Waals surface area (Å²) in [6, 6.07) is 3.90. The van der Waals surface area contributed by atoms with Crippen molar-refractivity contribution in [1.29, 1.82) is 0 Å². The fraction of sp³-hybridized carbons (Fsp3) is 0.417. The van der Waals surface area contributed by atoms with Crippen LogP contribution < -0.4 is 0 Å². The van der Waals surface area contributed by atoms with Gasteiger partial charge in [0, 0.05) is 23.9 Å². The van der Waals surface area contributed by atoms with Gasteiger partial charge < -0.3 is 4.79 Å². The first kappa shape index (κ1) is 12.5. The predicted octanol–water partition coefficient (Wildman–Crippen LogP) is 2.88. The molecule has 92 valence electrons. The molecule has 0 radical (unpaired) electrons. The second-order valence-corrected chi connectivity index (χ2v) is 5.24. The van der Waals surface area contributed by atoms with E-state index in [4.69, 9.17) is 0 Å². The Morgan fingerprint density at radius 1 is 1.24 bits per heavy atom. The van der Waals surface area contributed by atoms with Crippen LogP contribution in [0.2, 0.25) is 0 Å². The van der Waals surface area contributed by atoms with E-state index in [1.54, 1.807) is 6.07 Å². The van der Waals surface area contributed by atoms with E-state index < -0.39 is 11.6 Å². The molecular weight excluding hydrogens is 244 g/mol. The zero-order chi connectivity index (χ0) is 12.3. The largest absolute Gasteiger partial charge is 0.303 e. The van der Waals surface area contributed by atoms with Crippen LogP contribution in [0, 0.1) is 17.6 Å². The molecule has 0 saturated carbocycles. The van der Waals surface area contributed by atoms with E-state index in [-0.39, 0.29) is 5.92 Å². The molecule has 0 aliphatic carbocycles. The number of piperidine rings is 1. The minimum absolute atomic E-state index is 0.150. The summed E-state index contributed by atoms with van der Waals surface area (Å²) in [7, 11) is 0. The Morgan fingerprint density at radius 2 is 1.94 bits per heavy atom. The molecule has 1 saturated heterocycles. The molecule has 0 aromatic heterocycles. The molecule has 2 nitrogen and oxygen atoms in total. The average molecular weight is 257 g/mol. The third-order valence-electron chi connectivity index (χ3n) is 2.82. The maximum Gasteiger partial charge on any atom is 0.159 e. The first-order chi connectivity index (χ1) is 8.19. The average Bonchev–Trinajstić information content (AvgIpc) is 2.35. The van der Waals surface area contributed by atoms with Crippen molar-refractivity contribution in [3.8, 4) is 0 Å². The van der Waals surface area contributed by atoms with Crippen LogP contribution in [-0.2, 0) is 4.79 Å². The quantitative estimate of drug-likeness (QED) is 0.613. The van der Waals surface area contributed by atoms with Gasteiger partial charge in [-0.1, -0.05) is 0 Å². The van der Waals surface area contributed by atoms with Gasteiger partial charge in [-0.2, -0.15) is 0 Å².